The van der Waals surface area contributed by atoms with Crippen LogP contribution in [-0.2, 0) is 4.74 Å². The highest BCUT2D eigenvalue weighted by Crippen LogP contribution is 2.29. The Morgan fingerprint density at radius 2 is 1.68 bits per heavy atom. The highest BCUT2D eigenvalue weighted by molar-refractivity contribution is 5.95. The van der Waals surface area contributed by atoms with Crippen LogP contribution in [-0.4, -0.2) is 47.7 Å². The van der Waals surface area contributed by atoms with Crippen LogP contribution in [0.2, 0.25) is 0 Å². The van der Waals surface area contributed by atoms with E-state index >= 15 is 0 Å². The van der Waals surface area contributed by atoms with Crippen LogP contribution < -0.4 is 0 Å². The molecule has 5 nitrogen and oxygen atoms in total. The first-order chi connectivity index (χ1) is 10.6. The van der Waals surface area contributed by atoms with E-state index in [4.69, 9.17) is 9.84 Å². The van der Waals surface area contributed by atoms with Crippen molar-refractivity contribution in [3.05, 3.63) is 35.4 Å². The van der Waals surface area contributed by atoms with Crippen molar-refractivity contribution in [2.75, 3.05) is 19.7 Å². The van der Waals surface area contributed by atoms with E-state index in [2.05, 4.69) is 0 Å². The molecule has 1 N–H and O–H groups in total. The number of carbonyl (C=O) groups is 2. The lowest BCUT2D eigenvalue weighted by molar-refractivity contribution is 0.0291. The molecule has 2 heterocycles. The van der Waals surface area contributed by atoms with Crippen LogP contribution in [0.3, 0.4) is 0 Å². The topological polar surface area (TPSA) is 66.8 Å². The van der Waals surface area contributed by atoms with E-state index in [-0.39, 0.29) is 11.5 Å². The summed E-state index contributed by atoms with van der Waals surface area (Å²) in [6.45, 7) is 2.38. The molecule has 1 amide bonds. The van der Waals surface area contributed by atoms with Crippen molar-refractivity contribution in [1.82, 2.24) is 4.90 Å². The molecular weight excluding hydrogens is 282 g/mol. The number of likely N-dealkylation sites (tertiary alicyclic amines) is 1. The minimum atomic E-state index is -0.976. The number of nitrogens with zero attached hydrogens (tertiary/aromatic N) is 1. The maximum Gasteiger partial charge on any atom is 0.335 e. The van der Waals surface area contributed by atoms with E-state index in [1.54, 1.807) is 12.1 Å². The molecule has 0 bridgehead atoms. The van der Waals surface area contributed by atoms with Gasteiger partial charge in [-0.25, -0.2) is 4.79 Å². The number of piperidine rings is 1. The second-order valence-electron chi connectivity index (χ2n) is 6.06. The van der Waals surface area contributed by atoms with E-state index in [9.17, 15) is 9.59 Å². The average Bonchev–Trinajstić information content (AvgIpc) is 3.09. The molecule has 0 aliphatic carbocycles. The van der Waals surface area contributed by atoms with Crippen molar-refractivity contribution in [3.8, 4) is 0 Å². The summed E-state index contributed by atoms with van der Waals surface area (Å²) < 4.78 is 5.75. The Kier molecular flexibility index (Phi) is 4.43. The largest absolute Gasteiger partial charge is 0.478 e. The molecule has 1 aromatic carbocycles. The number of benzene rings is 1. The third kappa shape index (κ3) is 3.14. The maximum atomic E-state index is 12.5. The monoisotopic (exact) mass is 303 g/mol. The first-order valence-corrected chi connectivity index (χ1v) is 7.89. The van der Waals surface area contributed by atoms with Gasteiger partial charge in [-0.3, -0.25) is 4.79 Å². The minimum Gasteiger partial charge on any atom is -0.478 e. The standard InChI is InChI=1S/C17H21NO4/c19-16(13-3-5-14(6-4-13)17(20)21)18-9-7-12(8-10-18)15-2-1-11-22-15/h3-6,12,15H,1-2,7-11H2,(H,20,21). The van der Waals surface area contributed by atoms with Crippen molar-refractivity contribution < 1.29 is 19.4 Å². The molecule has 0 saturated carbocycles. The number of carboxylic acids is 1. The Bertz CT molecular complexity index is 540. The highest BCUT2D eigenvalue weighted by Gasteiger charge is 2.31. The molecule has 118 valence electrons. The van der Waals surface area contributed by atoms with Crippen LogP contribution in [0.15, 0.2) is 24.3 Å². The molecular formula is C17H21NO4. The third-order valence-corrected chi connectivity index (χ3v) is 4.70. The number of hydrogen-bond donors (Lipinski definition) is 1. The minimum absolute atomic E-state index is 0.0114. The third-order valence-electron chi connectivity index (χ3n) is 4.70. The fourth-order valence-electron chi connectivity index (χ4n) is 3.39. The van der Waals surface area contributed by atoms with E-state index in [1.807, 2.05) is 4.90 Å². The zero-order chi connectivity index (χ0) is 15.5. The van der Waals surface area contributed by atoms with E-state index in [1.165, 1.54) is 12.1 Å². The number of carbonyl (C=O) groups excluding carboxylic acids is 1. The summed E-state index contributed by atoms with van der Waals surface area (Å²) in [6, 6.07) is 6.15. The van der Waals surface area contributed by atoms with E-state index in [0.29, 0.717) is 17.6 Å². The second-order valence-corrected chi connectivity index (χ2v) is 6.06. The molecule has 2 aliphatic heterocycles. The number of hydrogen-bond acceptors (Lipinski definition) is 3. The lowest BCUT2D eigenvalue weighted by Crippen LogP contribution is -2.41. The Balaban J connectivity index is 1.58. The molecule has 0 radical (unpaired) electrons. The van der Waals surface area contributed by atoms with Crippen molar-refractivity contribution in [2.24, 2.45) is 5.92 Å². The van der Waals surface area contributed by atoms with Crippen LogP contribution in [0, 0.1) is 5.92 Å². The molecule has 0 aromatic heterocycles. The first kappa shape index (κ1) is 15.0. The van der Waals surface area contributed by atoms with Crippen molar-refractivity contribution in [3.63, 3.8) is 0 Å². The Morgan fingerprint density at radius 3 is 2.23 bits per heavy atom. The molecule has 1 atom stereocenters. The lowest BCUT2D eigenvalue weighted by atomic mass is 9.89. The number of amides is 1. The van der Waals surface area contributed by atoms with Gasteiger partial charge in [0.1, 0.15) is 0 Å². The molecule has 5 heteroatoms. The average molecular weight is 303 g/mol. The van der Waals surface area contributed by atoms with E-state index in [0.717, 1.165) is 45.4 Å². The highest BCUT2D eigenvalue weighted by atomic mass is 16.5. The summed E-state index contributed by atoms with van der Waals surface area (Å²) in [5.74, 6) is -0.417. The zero-order valence-corrected chi connectivity index (χ0v) is 12.5. The van der Waals surface area contributed by atoms with Gasteiger partial charge in [-0.05, 0) is 55.9 Å². The molecule has 3 rings (SSSR count). The van der Waals surface area contributed by atoms with Gasteiger partial charge in [0.05, 0.1) is 11.7 Å². The van der Waals surface area contributed by atoms with Crippen LogP contribution in [0.5, 0.6) is 0 Å². The fraction of sp³-hybridized carbons (Fsp3) is 0.529. The van der Waals surface area contributed by atoms with Gasteiger partial charge in [-0.2, -0.15) is 0 Å². The van der Waals surface area contributed by atoms with Gasteiger partial charge in [0, 0.05) is 25.3 Å². The first-order valence-electron chi connectivity index (χ1n) is 7.89. The summed E-state index contributed by atoms with van der Waals surface area (Å²) in [5.41, 5.74) is 0.759. The van der Waals surface area contributed by atoms with Crippen molar-refractivity contribution in [2.45, 2.75) is 31.8 Å². The summed E-state index contributed by atoms with van der Waals surface area (Å²) in [6.07, 6.45) is 4.66. The molecule has 2 aliphatic rings. The van der Waals surface area contributed by atoms with Gasteiger partial charge in [-0.1, -0.05) is 0 Å². The number of aromatic carboxylic acids is 1. The predicted molar refractivity (Wildman–Crippen MR) is 81.0 cm³/mol. The maximum absolute atomic E-state index is 12.5. The number of carboxylic acid groups (broad SMARTS) is 1. The quantitative estimate of drug-likeness (QED) is 0.931. The van der Waals surface area contributed by atoms with Gasteiger partial charge in [0.25, 0.3) is 5.91 Å². The van der Waals surface area contributed by atoms with Gasteiger partial charge < -0.3 is 14.7 Å². The molecule has 2 saturated heterocycles. The van der Waals surface area contributed by atoms with Gasteiger partial charge >= 0.3 is 5.97 Å². The van der Waals surface area contributed by atoms with Gasteiger partial charge in [-0.15, -0.1) is 0 Å². The summed E-state index contributed by atoms with van der Waals surface area (Å²) >= 11 is 0. The summed E-state index contributed by atoms with van der Waals surface area (Å²) in [5, 5.41) is 8.89. The van der Waals surface area contributed by atoms with Crippen molar-refractivity contribution in [1.29, 1.82) is 0 Å². The van der Waals surface area contributed by atoms with Gasteiger partial charge in [0.15, 0.2) is 0 Å². The van der Waals surface area contributed by atoms with Crippen molar-refractivity contribution >= 4 is 11.9 Å². The molecule has 1 aromatic rings. The van der Waals surface area contributed by atoms with E-state index < -0.39 is 5.97 Å². The molecule has 1 unspecified atom stereocenters. The summed E-state index contributed by atoms with van der Waals surface area (Å²) in [4.78, 5) is 25.2. The molecule has 22 heavy (non-hydrogen) atoms. The van der Waals surface area contributed by atoms with Crippen LogP contribution in [0.25, 0.3) is 0 Å². The van der Waals surface area contributed by atoms with Gasteiger partial charge in [0.2, 0.25) is 0 Å². The van der Waals surface area contributed by atoms with Crippen LogP contribution in [0.4, 0.5) is 0 Å². The number of ether oxygens (including phenoxy) is 1. The van der Waals surface area contributed by atoms with Crippen LogP contribution in [0.1, 0.15) is 46.4 Å². The molecule has 0 spiro atoms. The smallest absolute Gasteiger partial charge is 0.335 e. The van der Waals surface area contributed by atoms with Crippen LogP contribution >= 0.6 is 0 Å². The Labute approximate surface area is 129 Å². The SMILES string of the molecule is O=C(O)c1ccc(C(=O)N2CCC(C3CCCO3)CC2)cc1. The second kappa shape index (κ2) is 6.48. The summed E-state index contributed by atoms with van der Waals surface area (Å²) in [7, 11) is 0. The Morgan fingerprint density at radius 1 is 1.05 bits per heavy atom. The number of rotatable bonds is 3. The Hall–Kier alpha value is -1.88. The zero-order valence-electron chi connectivity index (χ0n) is 12.5. The normalized spacial score (nSPS) is 22.7. The lowest BCUT2D eigenvalue weighted by Gasteiger charge is -2.34. The predicted octanol–water partition coefficient (Wildman–Crippen LogP) is 2.42. The fourth-order valence-corrected chi connectivity index (χ4v) is 3.39. The molecule has 2 fully saturated rings.